The van der Waals surface area contributed by atoms with Crippen LogP contribution in [0.15, 0.2) is 41.1 Å². The van der Waals surface area contributed by atoms with E-state index in [1.54, 1.807) is 14.0 Å². The minimum absolute atomic E-state index is 0.0285. The molecule has 0 saturated carbocycles. The zero-order valence-electron chi connectivity index (χ0n) is 12.9. The number of amides is 1. The van der Waals surface area contributed by atoms with E-state index in [9.17, 15) is 4.79 Å². The Bertz CT molecular complexity index is 638. The number of aryl methyl sites for hydroxylation is 1. The average Bonchev–Trinajstić information content (AvgIpc) is 3.14. The van der Waals surface area contributed by atoms with Crippen LogP contribution in [0.2, 0.25) is 0 Å². The molecule has 1 saturated heterocycles. The number of hydrogen-bond acceptors (Lipinski definition) is 4. The maximum atomic E-state index is 12.8. The summed E-state index contributed by atoms with van der Waals surface area (Å²) in [6.07, 6.45) is 3.20. The lowest BCUT2D eigenvalue weighted by atomic mass is 10.0. The van der Waals surface area contributed by atoms with E-state index in [-0.39, 0.29) is 18.1 Å². The Hall–Kier alpha value is -2.14. The van der Waals surface area contributed by atoms with Gasteiger partial charge < -0.3 is 14.2 Å². The predicted octanol–water partition coefficient (Wildman–Crippen LogP) is 2.46. The molecule has 1 fully saturated rings. The fourth-order valence-corrected chi connectivity index (χ4v) is 3.11. The van der Waals surface area contributed by atoms with Gasteiger partial charge in [0.1, 0.15) is 11.3 Å². The average molecular weight is 300 g/mol. The Morgan fingerprint density at radius 2 is 2.18 bits per heavy atom. The highest BCUT2D eigenvalue weighted by Crippen LogP contribution is 2.26. The zero-order valence-corrected chi connectivity index (χ0v) is 12.9. The summed E-state index contributed by atoms with van der Waals surface area (Å²) in [6.45, 7) is 2.45. The molecule has 3 rings (SSSR count). The van der Waals surface area contributed by atoms with Crippen LogP contribution < -0.4 is 0 Å². The minimum atomic E-state index is -0.0285. The summed E-state index contributed by atoms with van der Waals surface area (Å²) in [7, 11) is 1.71. The number of hydrogen-bond donors (Lipinski definition) is 0. The van der Waals surface area contributed by atoms with Gasteiger partial charge in [-0.05, 0) is 25.3 Å². The van der Waals surface area contributed by atoms with Crippen LogP contribution in [0.25, 0.3) is 0 Å². The van der Waals surface area contributed by atoms with Gasteiger partial charge in [-0.15, -0.1) is 0 Å². The molecule has 22 heavy (non-hydrogen) atoms. The maximum absolute atomic E-state index is 12.8. The Kier molecular flexibility index (Phi) is 4.24. The van der Waals surface area contributed by atoms with Gasteiger partial charge in [0.15, 0.2) is 0 Å². The molecule has 5 heteroatoms. The standard InChI is InChI=1S/C17H20N2O3/c1-12-14(11-18-22-12)17(20)19-9-8-16(21-2)15(19)10-13-6-4-3-5-7-13/h3-7,11,15-16H,8-10H2,1-2H3/t15-,16+/m0/s1. The van der Waals surface area contributed by atoms with E-state index in [4.69, 9.17) is 9.26 Å². The SMILES string of the molecule is CO[C@@H]1CCN(C(=O)c2cnoc2C)[C@H]1Cc1ccccc1. The van der Waals surface area contributed by atoms with E-state index in [2.05, 4.69) is 17.3 Å². The molecule has 0 unspecified atom stereocenters. The number of benzene rings is 1. The molecule has 1 aliphatic heterocycles. The molecule has 5 nitrogen and oxygen atoms in total. The van der Waals surface area contributed by atoms with Crippen molar-refractivity contribution < 1.29 is 14.1 Å². The molecule has 0 N–H and O–H groups in total. The summed E-state index contributed by atoms with van der Waals surface area (Å²) in [5.41, 5.74) is 1.74. The van der Waals surface area contributed by atoms with Crippen LogP contribution in [-0.4, -0.2) is 41.8 Å². The van der Waals surface area contributed by atoms with Crippen molar-refractivity contribution in [2.45, 2.75) is 31.9 Å². The fraction of sp³-hybridized carbons (Fsp3) is 0.412. The first kappa shape index (κ1) is 14.8. The summed E-state index contributed by atoms with van der Waals surface area (Å²) in [5, 5.41) is 3.71. The third-order valence-electron chi connectivity index (χ3n) is 4.32. The van der Waals surface area contributed by atoms with Gasteiger partial charge in [0, 0.05) is 13.7 Å². The molecular formula is C17H20N2O3. The molecule has 1 aromatic heterocycles. The molecule has 2 atom stereocenters. The van der Waals surface area contributed by atoms with Gasteiger partial charge in [-0.1, -0.05) is 35.5 Å². The van der Waals surface area contributed by atoms with Gasteiger partial charge in [-0.2, -0.15) is 0 Å². The smallest absolute Gasteiger partial charge is 0.259 e. The highest BCUT2D eigenvalue weighted by atomic mass is 16.5. The molecule has 2 heterocycles. The van der Waals surface area contributed by atoms with Crippen LogP contribution >= 0.6 is 0 Å². The van der Waals surface area contributed by atoms with E-state index < -0.39 is 0 Å². The van der Waals surface area contributed by atoms with E-state index in [0.717, 1.165) is 12.8 Å². The maximum Gasteiger partial charge on any atom is 0.259 e. The quantitative estimate of drug-likeness (QED) is 0.870. The van der Waals surface area contributed by atoms with Crippen LogP contribution in [0.3, 0.4) is 0 Å². The molecule has 1 amide bonds. The number of ether oxygens (including phenoxy) is 1. The Morgan fingerprint density at radius 1 is 1.41 bits per heavy atom. The summed E-state index contributed by atoms with van der Waals surface area (Å²) >= 11 is 0. The lowest BCUT2D eigenvalue weighted by Crippen LogP contribution is -2.41. The van der Waals surface area contributed by atoms with E-state index in [1.165, 1.54) is 11.8 Å². The molecule has 116 valence electrons. The van der Waals surface area contributed by atoms with Crippen molar-refractivity contribution in [3.05, 3.63) is 53.4 Å². The van der Waals surface area contributed by atoms with Crippen LogP contribution in [0.4, 0.5) is 0 Å². The lowest BCUT2D eigenvalue weighted by molar-refractivity contribution is 0.0507. The number of methoxy groups -OCH3 is 1. The molecule has 1 aromatic carbocycles. The van der Waals surface area contributed by atoms with Crippen molar-refractivity contribution in [1.29, 1.82) is 0 Å². The minimum Gasteiger partial charge on any atom is -0.379 e. The Labute approximate surface area is 129 Å². The van der Waals surface area contributed by atoms with Crippen LogP contribution in [0.5, 0.6) is 0 Å². The van der Waals surface area contributed by atoms with Crippen molar-refractivity contribution in [3.63, 3.8) is 0 Å². The van der Waals surface area contributed by atoms with Crippen LogP contribution in [-0.2, 0) is 11.2 Å². The van der Waals surface area contributed by atoms with E-state index >= 15 is 0 Å². The monoisotopic (exact) mass is 300 g/mol. The number of nitrogens with zero attached hydrogens (tertiary/aromatic N) is 2. The third-order valence-corrected chi connectivity index (χ3v) is 4.32. The summed E-state index contributed by atoms with van der Waals surface area (Å²) < 4.78 is 10.6. The van der Waals surface area contributed by atoms with Crippen molar-refractivity contribution in [2.75, 3.05) is 13.7 Å². The number of aromatic nitrogens is 1. The first-order valence-electron chi connectivity index (χ1n) is 7.49. The van der Waals surface area contributed by atoms with Crippen molar-refractivity contribution in [2.24, 2.45) is 0 Å². The van der Waals surface area contributed by atoms with Crippen molar-refractivity contribution in [3.8, 4) is 0 Å². The molecule has 0 radical (unpaired) electrons. The van der Waals surface area contributed by atoms with Crippen LogP contribution in [0.1, 0.15) is 28.1 Å². The molecule has 1 aliphatic rings. The number of carbonyl (C=O) groups is 1. The van der Waals surface area contributed by atoms with Gasteiger partial charge in [0.2, 0.25) is 0 Å². The van der Waals surface area contributed by atoms with Gasteiger partial charge in [0.05, 0.1) is 18.3 Å². The predicted molar refractivity (Wildman–Crippen MR) is 81.6 cm³/mol. The molecule has 2 aromatic rings. The van der Waals surface area contributed by atoms with E-state index in [0.29, 0.717) is 17.9 Å². The first-order chi connectivity index (χ1) is 10.7. The summed E-state index contributed by atoms with van der Waals surface area (Å²) in [4.78, 5) is 14.7. The second-order valence-corrected chi connectivity index (χ2v) is 5.61. The highest BCUT2D eigenvalue weighted by Gasteiger charge is 2.38. The highest BCUT2D eigenvalue weighted by molar-refractivity contribution is 5.95. The number of carbonyl (C=O) groups excluding carboxylic acids is 1. The second kappa shape index (κ2) is 6.32. The number of likely N-dealkylation sites (tertiary alicyclic amines) is 1. The fourth-order valence-electron chi connectivity index (χ4n) is 3.11. The van der Waals surface area contributed by atoms with Gasteiger partial charge in [-0.3, -0.25) is 4.79 Å². The zero-order chi connectivity index (χ0) is 15.5. The van der Waals surface area contributed by atoms with Crippen molar-refractivity contribution in [1.82, 2.24) is 10.1 Å². The first-order valence-corrected chi connectivity index (χ1v) is 7.49. The molecule has 0 spiro atoms. The number of rotatable bonds is 4. The second-order valence-electron chi connectivity index (χ2n) is 5.61. The molecule has 0 bridgehead atoms. The van der Waals surface area contributed by atoms with Gasteiger partial charge >= 0.3 is 0 Å². The summed E-state index contributed by atoms with van der Waals surface area (Å²) in [5.74, 6) is 0.531. The third kappa shape index (κ3) is 2.76. The Balaban J connectivity index is 1.83. The largest absolute Gasteiger partial charge is 0.379 e. The molecule has 0 aliphatic carbocycles. The van der Waals surface area contributed by atoms with Gasteiger partial charge in [-0.25, -0.2) is 0 Å². The van der Waals surface area contributed by atoms with E-state index in [1.807, 2.05) is 23.1 Å². The molecular weight excluding hydrogens is 280 g/mol. The lowest BCUT2D eigenvalue weighted by Gasteiger charge is -2.27. The topological polar surface area (TPSA) is 55.6 Å². The summed E-state index contributed by atoms with van der Waals surface area (Å²) in [6, 6.07) is 10.2. The Morgan fingerprint density at radius 3 is 2.82 bits per heavy atom. The van der Waals surface area contributed by atoms with Gasteiger partial charge in [0.25, 0.3) is 5.91 Å². The van der Waals surface area contributed by atoms with Crippen molar-refractivity contribution >= 4 is 5.91 Å². The van der Waals surface area contributed by atoms with Crippen LogP contribution in [0, 0.1) is 6.92 Å². The normalized spacial score (nSPS) is 21.3.